The summed E-state index contributed by atoms with van der Waals surface area (Å²) in [4.78, 5) is 23.9. The fraction of sp³-hybridized carbons (Fsp3) is 0.333. The molecule has 7 nitrogen and oxygen atoms in total. The van der Waals surface area contributed by atoms with Crippen LogP contribution in [0.5, 0.6) is 0 Å². The van der Waals surface area contributed by atoms with E-state index in [4.69, 9.17) is 0 Å². The molecule has 1 aromatic carbocycles. The molecule has 2 heterocycles. The maximum Gasteiger partial charge on any atom is 0.267 e. The number of amides is 2. The second kappa shape index (κ2) is 8.20. The third-order valence-corrected chi connectivity index (χ3v) is 7.21. The van der Waals surface area contributed by atoms with Gasteiger partial charge in [-0.25, -0.2) is 8.42 Å². The first kappa shape index (κ1) is 19.5. The van der Waals surface area contributed by atoms with E-state index in [9.17, 15) is 18.0 Å². The lowest BCUT2D eigenvalue weighted by Gasteiger charge is -2.25. The van der Waals surface area contributed by atoms with Crippen LogP contribution in [0, 0.1) is 0 Å². The number of nitrogens with zero attached hydrogens (tertiary/aromatic N) is 1. The number of hydrogen-bond donors (Lipinski definition) is 2. The van der Waals surface area contributed by atoms with Crippen LogP contribution in [-0.2, 0) is 14.8 Å². The van der Waals surface area contributed by atoms with Gasteiger partial charge in [0.15, 0.2) is 0 Å². The molecule has 2 aromatic rings. The molecule has 1 fully saturated rings. The SMILES string of the molecule is CC(=O)Nc1ccc(NC(=O)c2sccc2S(=O)(=O)N2CCCCC2)cc1. The second-order valence-electron chi connectivity index (χ2n) is 6.29. The second-order valence-corrected chi connectivity index (χ2v) is 9.11. The van der Waals surface area contributed by atoms with Crippen molar-refractivity contribution in [2.24, 2.45) is 0 Å². The number of nitrogens with one attached hydrogen (secondary N) is 2. The predicted octanol–water partition coefficient (Wildman–Crippen LogP) is 3.13. The van der Waals surface area contributed by atoms with Crippen molar-refractivity contribution in [3.05, 3.63) is 40.6 Å². The van der Waals surface area contributed by atoms with E-state index in [1.165, 1.54) is 17.3 Å². The van der Waals surface area contributed by atoms with Gasteiger partial charge >= 0.3 is 0 Å². The topological polar surface area (TPSA) is 95.6 Å². The minimum atomic E-state index is -3.67. The molecule has 2 N–H and O–H groups in total. The Kier molecular flexibility index (Phi) is 5.93. The van der Waals surface area contributed by atoms with Gasteiger partial charge < -0.3 is 10.6 Å². The Morgan fingerprint density at radius 2 is 1.56 bits per heavy atom. The largest absolute Gasteiger partial charge is 0.326 e. The number of benzene rings is 1. The highest BCUT2D eigenvalue weighted by atomic mass is 32.2. The molecule has 3 rings (SSSR count). The highest BCUT2D eigenvalue weighted by Crippen LogP contribution is 2.28. The molecule has 0 spiro atoms. The first-order chi connectivity index (χ1) is 12.9. The van der Waals surface area contributed by atoms with Crippen molar-refractivity contribution in [2.75, 3.05) is 23.7 Å². The zero-order valence-electron chi connectivity index (χ0n) is 14.9. The zero-order valence-corrected chi connectivity index (χ0v) is 16.5. The van der Waals surface area contributed by atoms with Gasteiger partial charge in [0.1, 0.15) is 9.77 Å². The number of carbonyl (C=O) groups excluding carboxylic acids is 2. The number of sulfonamides is 1. The number of carbonyl (C=O) groups is 2. The molecule has 0 aliphatic carbocycles. The van der Waals surface area contributed by atoms with Crippen LogP contribution in [0.1, 0.15) is 35.9 Å². The van der Waals surface area contributed by atoms with Crippen LogP contribution in [0.3, 0.4) is 0 Å². The minimum Gasteiger partial charge on any atom is -0.326 e. The van der Waals surface area contributed by atoms with E-state index in [2.05, 4.69) is 10.6 Å². The monoisotopic (exact) mass is 407 g/mol. The van der Waals surface area contributed by atoms with E-state index >= 15 is 0 Å². The van der Waals surface area contributed by atoms with Gasteiger partial charge in [-0.15, -0.1) is 11.3 Å². The molecule has 0 atom stereocenters. The Bertz CT molecular complexity index is 930. The smallest absolute Gasteiger partial charge is 0.267 e. The summed E-state index contributed by atoms with van der Waals surface area (Å²) >= 11 is 1.10. The standard InChI is InChI=1S/C18H21N3O4S2/c1-13(22)19-14-5-7-15(8-6-14)20-18(23)17-16(9-12-26-17)27(24,25)21-10-3-2-4-11-21/h5-9,12H,2-4,10-11H2,1H3,(H,19,22)(H,20,23). The predicted molar refractivity (Wildman–Crippen MR) is 106 cm³/mol. The Labute approximate surface area is 162 Å². The molecule has 0 radical (unpaired) electrons. The number of piperidine rings is 1. The summed E-state index contributed by atoms with van der Waals surface area (Å²) in [6.07, 6.45) is 2.70. The molecule has 1 saturated heterocycles. The first-order valence-electron chi connectivity index (χ1n) is 8.64. The van der Waals surface area contributed by atoms with Gasteiger partial charge in [-0.05, 0) is 48.6 Å². The van der Waals surface area contributed by atoms with Gasteiger partial charge in [0.25, 0.3) is 5.91 Å². The Morgan fingerprint density at radius 3 is 2.15 bits per heavy atom. The molecular weight excluding hydrogens is 386 g/mol. The van der Waals surface area contributed by atoms with Crippen molar-refractivity contribution in [1.82, 2.24) is 4.31 Å². The summed E-state index contributed by atoms with van der Waals surface area (Å²) in [5.41, 5.74) is 1.13. The lowest BCUT2D eigenvalue weighted by Crippen LogP contribution is -2.36. The highest BCUT2D eigenvalue weighted by molar-refractivity contribution is 7.89. The average Bonchev–Trinajstić information content (AvgIpc) is 3.14. The van der Waals surface area contributed by atoms with Crippen molar-refractivity contribution in [2.45, 2.75) is 31.1 Å². The lowest BCUT2D eigenvalue weighted by molar-refractivity contribution is -0.114. The molecule has 27 heavy (non-hydrogen) atoms. The molecule has 9 heteroatoms. The van der Waals surface area contributed by atoms with Crippen molar-refractivity contribution in [3.8, 4) is 0 Å². The molecular formula is C18H21N3O4S2. The third kappa shape index (κ3) is 4.55. The Balaban J connectivity index is 1.76. The quantitative estimate of drug-likeness (QED) is 0.796. The molecule has 0 unspecified atom stereocenters. The average molecular weight is 408 g/mol. The summed E-state index contributed by atoms with van der Waals surface area (Å²) in [5, 5.41) is 6.98. The number of anilines is 2. The van der Waals surface area contributed by atoms with Crippen LogP contribution in [0.2, 0.25) is 0 Å². The van der Waals surface area contributed by atoms with E-state index in [0.29, 0.717) is 24.5 Å². The van der Waals surface area contributed by atoms with Crippen LogP contribution >= 0.6 is 11.3 Å². The molecule has 144 valence electrons. The summed E-state index contributed by atoms with van der Waals surface area (Å²) in [7, 11) is -3.67. The maximum atomic E-state index is 12.9. The molecule has 1 aliphatic heterocycles. The van der Waals surface area contributed by atoms with Gasteiger partial charge in [-0.3, -0.25) is 9.59 Å². The fourth-order valence-electron chi connectivity index (χ4n) is 2.94. The van der Waals surface area contributed by atoms with E-state index in [0.717, 1.165) is 30.6 Å². The molecule has 0 saturated carbocycles. The summed E-state index contributed by atoms with van der Waals surface area (Å²) < 4.78 is 27.2. The normalized spacial score (nSPS) is 15.3. The summed E-state index contributed by atoms with van der Waals surface area (Å²) in [6, 6.07) is 8.11. The lowest BCUT2D eigenvalue weighted by atomic mass is 10.2. The number of thiophene rings is 1. The zero-order chi connectivity index (χ0) is 19.4. The van der Waals surface area contributed by atoms with Gasteiger partial charge in [-0.1, -0.05) is 6.42 Å². The highest BCUT2D eigenvalue weighted by Gasteiger charge is 2.31. The van der Waals surface area contributed by atoms with Gasteiger partial charge in [-0.2, -0.15) is 4.31 Å². The van der Waals surface area contributed by atoms with Gasteiger partial charge in [0.2, 0.25) is 15.9 Å². The first-order valence-corrected chi connectivity index (χ1v) is 11.0. The molecule has 1 aromatic heterocycles. The van der Waals surface area contributed by atoms with Crippen LogP contribution in [0.25, 0.3) is 0 Å². The Morgan fingerprint density at radius 1 is 0.963 bits per heavy atom. The number of rotatable bonds is 5. The molecule has 0 bridgehead atoms. The van der Waals surface area contributed by atoms with Gasteiger partial charge in [0.05, 0.1) is 0 Å². The minimum absolute atomic E-state index is 0.0572. The number of hydrogen-bond acceptors (Lipinski definition) is 5. The van der Waals surface area contributed by atoms with E-state index in [-0.39, 0.29) is 15.7 Å². The van der Waals surface area contributed by atoms with Gasteiger partial charge in [0, 0.05) is 31.4 Å². The van der Waals surface area contributed by atoms with Crippen molar-refractivity contribution in [3.63, 3.8) is 0 Å². The van der Waals surface area contributed by atoms with E-state index < -0.39 is 15.9 Å². The molecule has 1 aliphatic rings. The van der Waals surface area contributed by atoms with E-state index in [1.54, 1.807) is 29.6 Å². The van der Waals surface area contributed by atoms with E-state index in [1.807, 2.05) is 0 Å². The summed E-state index contributed by atoms with van der Waals surface area (Å²) in [6.45, 7) is 2.39. The fourth-order valence-corrected chi connectivity index (χ4v) is 5.75. The summed E-state index contributed by atoms with van der Waals surface area (Å²) in [5.74, 6) is -0.647. The van der Waals surface area contributed by atoms with Crippen LogP contribution in [0.4, 0.5) is 11.4 Å². The van der Waals surface area contributed by atoms with Crippen molar-refractivity contribution >= 4 is 44.5 Å². The molecule has 2 amide bonds. The third-order valence-electron chi connectivity index (χ3n) is 4.23. The van der Waals surface area contributed by atoms with Crippen LogP contribution in [-0.4, -0.2) is 37.6 Å². The van der Waals surface area contributed by atoms with Crippen LogP contribution < -0.4 is 10.6 Å². The maximum absolute atomic E-state index is 12.9. The van der Waals surface area contributed by atoms with Crippen molar-refractivity contribution < 1.29 is 18.0 Å². The Hall–Kier alpha value is -2.23. The van der Waals surface area contributed by atoms with Crippen LogP contribution in [0.15, 0.2) is 40.6 Å². The van der Waals surface area contributed by atoms with Crippen molar-refractivity contribution in [1.29, 1.82) is 0 Å².